The van der Waals surface area contributed by atoms with Crippen LogP contribution < -0.4 is 5.73 Å². The Morgan fingerprint density at radius 2 is 1.90 bits per heavy atom. The summed E-state index contributed by atoms with van der Waals surface area (Å²) in [5, 5.41) is 2.93. The van der Waals surface area contributed by atoms with Gasteiger partial charge in [-0.3, -0.25) is 4.98 Å². The quantitative estimate of drug-likeness (QED) is 0.551. The third-order valence-electron chi connectivity index (χ3n) is 3.39. The number of nitrogens with two attached hydrogens (primary N) is 1. The molecule has 102 valence electrons. The number of para-hydroxylation sites is 2. The van der Waals surface area contributed by atoms with Crippen LogP contribution in [0.25, 0.3) is 21.8 Å². The molecule has 0 aliphatic heterocycles. The number of rotatable bonds is 2. The van der Waals surface area contributed by atoms with Gasteiger partial charge in [0.25, 0.3) is 0 Å². The Morgan fingerprint density at radius 3 is 2.81 bits per heavy atom. The maximum atomic E-state index is 6.02. The second kappa shape index (κ2) is 4.79. The lowest BCUT2D eigenvalue weighted by atomic mass is 10.1. The number of H-pyrrole nitrogens is 1. The van der Waals surface area contributed by atoms with E-state index in [1.54, 1.807) is 18.0 Å². The van der Waals surface area contributed by atoms with E-state index in [9.17, 15) is 0 Å². The van der Waals surface area contributed by atoms with Crippen LogP contribution in [0.3, 0.4) is 0 Å². The Labute approximate surface area is 125 Å². The van der Waals surface area contributed by atoms with Gasteiger partial charge in [0.05, 0.1) is 11.0 Å². The minimum absolute atomic E-state index is 0.765. The Kier molecular flexibility index (Phi) is 2.79. The van der Waals surface area contributed by atoms with Crippen LogP contribution in [0.4, 0.5) is 5.69 Å². The average Bonchev–Trinajstić information content (AvgIpc) is 2.93. The first-order valence-electron chi connectivity index (χ1n) is 6.56. The van der Waals surface area contributed by atoms with E-state index < -0.39 is 0 Å². The molecule has 0 amide bonds. The summed E-state index contributed by atoms with van der Waals surface area (Å²) in [6, 6.07) is 13.9. The van der Waals surface area contributed by atoms with Crippen molar-refractivity contribution in [1.29, 1.82) is 0 Å². The van der Waals surface area contributed by atoms with E-state index in [1.807, 2.05) is 48.7 Å². The maximum Gasteiger partial charge on any atom is 0.171 e. The zero-order chi connectivity index (χ0) is 14.2. The normalized spacial score (nSPS) is 11.2. The monoisotopic (exact) mass is 292 g/mol. The summed E-state index contributed by atoms with van der Waals surface area (Å²) >= 11 is 1.59. The second-order valence-electron chi connectivity index (χ2n) is 4.74. The number of imidazole rings is 1. The van der Waals surface area contributed by atoms with Crippen molar-refractivity contribution in [3.63, 3.8) is 0 Å². The van der Waals surface area contributed by atoms with Gasteiger partial charge in [-0.25, -0.2) is 4.98 Å². The van der Waals surface area contributed by atoms with Gasteiger partial charge in [0.2, 0.25) is 0 Å². The molecule has 2 aromatic carbocycles. The molecule has 0 fully saturated rings. The number of benzene rings is 2. The molecule has 4 nitrogen and oxygen atoms in total. The van der Waals surface area contributed by atoms with E-state index >= 15 is 0 Å². The summed E-state index contributed by atoms with van der Waals surface area (Å²) in [6.45, 7) is 0. The minimum atomic E-state index is 0.765. The molecule has 0 saturated carbocycles. The summed E-state index contributed by atoms with van der Waals surface area (Å²) in [5.41, 5.74) is 8.79. The van der Waals surface area contributed by atoms with Gasteiger partial charge < -0.3 is 10.7 Å². The number of hydrogen-bond acceptors (Lipinski definition) is 4. The van der Waals surface area contributed by atoms with Gasteiger partial charge in [0, 0.05) is 33.7 Å². The molecule has 0 aliphatic carbocycles. The van der Waals surface area contributed by atoms with Crippen LogP contribution >= 0.6 is 11.8 Å². The predicted octanol–water partition coefficient (Wildman–Crippen LogP) is 3.84. The number of pyridine rings is 1. The Morgan fingerprint density at radius 1 is 1.00 bits per heavy atom. The highest BCUT2D eigenvalue weighted by atomic mass is 32.2. The van der Waals surface area contributed by atoms with Crippen LogP contribution in [0.15, 0.2) is 64.9 Å². The number of aromatic nitrogens is 3. The smallest absolute Gasteiger partial charge is 0.171 e. The number of fused-ring (bicyclic) bond motifs is 2. The van der Waals surface area contributed by atoms with Gasteiger partial charge in [0.1, 0.15) is 0 Å². The lowest BCUT2D eigenvalue weighted by molar-refractivity contribution is 1.08. The molecule has 5 heteroatoms. The average molecular weight is 292 g/mol. The molecule has 3 N–H and O–H groups in total. The largest absolute Gasteiger partial charge is 0.398 e. The zero-order valence-corrected chi connectivity index (χ0v) is 11.9. The second-order valence-corrected chi connectivity index (χ2v) is 5.77. The number of aromatic amines is 1. The fourth-order valence-corrected chi connectivity index (χ4v) is 3.28. The number of hydrogen-bond donors (Lipinski definition) is 2. The molecule has 2 aromatic heterocycles. The molecular formula is C16H12N4S. The number of nitrogens with one attached hydrogen (secondary N) is 1. The lowest BCUT2D eigenvalue weighted by Crippen LogP contribution is -1.89. The SMILES string of the molecule is Nc1ccc(Sc2nc3ccccc3[nH]2)c2cnccc12. The third-order valence-corrected chi connectivity index (χ3v) is 4.35. The topological polar surface area (TPSA) is 67.6 Å². The van der Waals surface area contributed by atoms with E-state index in [0.717, 1.165) is 37.5 Å². The highest BCUT2D eigenvalue weighted by molar-refractivity contribution is 7.99. The van der Waals surface area contributed by atoms with Gasteiger partial charge in [-0.15, -0.1) is 0 Å². The minimum Gasteiger partial charge on any atom is -0.398 e. The van der Waals surface area contributed by atoms with Crippen LogP contribution in [0.2, 0.25) is 0 Å². The molecule has 0 bridgehead atoms. The number of anilines is 1. The van der Waals surface area contributed by atoms with Gasteiger partial charge in [-0.2, -0.15) is 0 Å². The van der Waals surface area contributed by atoms with Gasteiger partial charge in [-0.1, -0.05) is 23.9 Å². The van der Waals surface area contributed by atoms with Crippen molar-refractivity contribution in [3.05, 3.63) is 54.9 Å². The molecule has 0 saturated heterocycles. The molecule has 0 spiro atoms. The van der Waals surface area contributed by atoms with E-state index in [-0.39, 0.29) is 0 Å². The van der Waals surface area contributed by atoms with Crippen molar-refractivity contribution in [1.82, 2.24) is 15.0 Å². The van der Waals surface area contributed by atoms with Crippen LogP contribution in [0, 0.1) is 0 Å². The maximum absolute atomic E-state index is 6.02. The molecule has 4 rings (SSSR count). The Balaban J connectivity index is 1.82. The number of nitrogen functional groups attached to an aromatic ring is 1. The molecule has 0 radical (unpaired) electrons. The molecule has 21 heavy (non-hydrogen) atoms. The van der Waals surface area contributed by atoms with Crippen molar-refractivity contribution >= 4 is 39.3 Å². The van der Waals surface area contributed by atoms with Gasteiger partial charge in [-0.05, 0) is 30.3 Å². The Bertz CT molecular complexity index is 912. The number of nitrogens with zero attached hydrogens (tertiary/aromatic N) is 2. The molecule has 0 unspecified atom stereocenters. The van der Waals surface area contributed by atoms with Gasteiger partial charge in [0.15, 0.2) is 5.16 Å². The van der Waals surface area contributed by atoms with Crippen LogP contribution in [-0.4, -0.2) is 15.0 Å². The van der Waals surface area contributed by atoms with Crippen molar-refractivity contribution in [3.8, 4) is 0 Å². The first-order valence-corrected chi connectivity index (χ1v) is 7.38. The van der Waals surface area contributed by atoms with Crippen molar-refractivity contribution in [2.24, 2.45) is 0 Å². The summed E-state index contributed by atoms with van der Waals surface area (Å²) in [7, 11) is 0. The molecule has 4 aromatic rings. The molecule has 0 atom stereocenters. The van der Waals surface area contributed by atoms with Crippen LogP contribution in [-0.2, 0) is 0 Å². The van der Waals surface area contributed by atoms with Crippen molar-refractivity contribution in [2.75, 3.05) is 5.73 Å². The van der Waals surface area contributed by atoms with Gasteiger partial charge >= 0.3 is 0 Å². The van der Waals surface area contributed by atoms with Crippen LogP contribution in [0.5, 0.6) is 0 Å². The fraction of sp³-hybridized carbons (Fsp3) is 0. The third kappa shape index (κ3) is 2.11. The highest BCUT2D eigenvalue weighted by Gasteiger charge is 2.09. The van der Waals surface area contributed by atoms with Crippen LogP contribution in [0.1, 0.15) is 0 Å². The van der Waals surface area contributed by atoms with E-state index in [4.69, 9.17) is 5.73 Å². The molecular weight excluding hydrogens is 280 g/mol. The molecule has 0 aliphatic rings. The standard InChI is InChI=1S/C16H12N4S/c17-12-5-6-15(11-9-18-8-7-10(11)12)21-16-19-13-3-1-2-4-14(13)20-16/h1-9H,17H2,(H,19,20). The van der Waals surface area contributed by atoms with Crippen molar-refractivity contribution < 1.29 is 0 Å². The van der Waals surface area contributed by atoms with E-state index in [0.29, 0.717) is 0 Å². The summed E-state index contributed by atoms with van der Waals surface area (Å²) in [5.74, 6) is 0. The summed E-state index contributed by atoms with van der Waals surface area (Å²) in [6.07, 6.45) is 3.60. The predicted molar refractivity (Wildman–Crippen MR) is 86.4 cm³/mol. The fourth-order valence-electron chi connectivity index (χ4n) is 2.36. The first-order chi connectivity index (χ1) is 10.3. The van der Waals surface area contributed by atoms with E-state index in [2.05, 4.69) is 15.0 Å². The highest BCUT2D eigenvalue weighted by Crippen LogP contribution is 2.34. The Hall–Kier alpha value is -2.53. The first kappa shape index (κ1) is 12.2. The lowest BCUT2D eigenvalue weighted by Gasteiger charge is -2.06. The zero-order valence-electron chi connectivity index (χ0n) is 11.1. The summed E-state index contributed by atoms with van der Waals surface area (Å²) in [4.78, 5) is 13.2. The molecule has 2 heterocycles. The van der Waals surface area contributed by atoms with Crippen molar-refractivity contribution in [2.45, 2.75) is 10.1 Å². The summed E-state index contributed by atoms with van der Waals surface area (Å²) < 4.78 is 0. The van der Waals surface area contributed by atoms with E-state index in [1.165, 1.54) is 0 Å².